The second kappa shape index (κ2) is 7.15. The Hall–Kier alpha value is -3.37. The van der Waals surface area contributed by atoms with Crippen molar-refractivity contribution in [2.24, 2.45) is 4.40 Å². The van der Waals surface area contributed by atoms with Crippen LogP contribution in [0.1, 0.15) is 5.56 Å². The third-order valence-corrected chi connectivity index (χ3v) is 6.76. The van der Waals surface area contributed by atoms with Gasteiger partial charge in [-0.2, -0.15) is 8.42 Å². The maximum Gasteiger partial charge on any atom is 0.286 e. The van der Waals surface area contributed by atoms with E-state index in [-0.39, 0.29) is 16.9 Å². The van der Waals surface area contributed by atoms with E-state index in [0.717, 1.165) is 17.3 Å². The van der Waals surface area contributed by atoms with Gasteiger partial charge in [-0.25, -0.2) is 0 Å². The number of carbonyl (C=O) groups excluding carboxylic acids is 1. The summed E-state index contributed by atoms with van der Waals surface area (Å²) in [5.41, 5.74) is 1.05. The minimum absolute atomic E-state index is 0.0140. The molecule has 1 N–H and O–H groups in total. The van der Waals surface area contributed by atoms with Gasteiger partial charge < -0.3 is 9.47 Å². The third kappa shape index (κ3) is 3.40. The lowest BCUT2D eigenvalue weighted by atomic mass is 10.2. The highest BCUT2D eigenvalue weighted by atomic mass is 32.2. The predicted octanol–water partition coefficient (Wildman–Crippen LogP) is 2.91. The average molecular weight is 439 g/mol. The van der Waals surface area contributed by atoms with E-state index in [1.807, 2.05) is 0 Å². The van der Waals surface area contributed by atoms with Crippen LogP contribution in [0.3, 0.4) is 0 Å². The summed E-state index contributed by atoms with van der Waals surface area (Å²) in [6.45, 7) is 0.155. The summed E-state index contributed by atoms with van der Waals surface area (Å²) in [6.07, 6.45) is 3.16. The van der Waals surface area contributed by atoms with Gasteiger partial charge in [-0.1, -0.05) is 24.3 Å². The molecule has 150 valence electrons. The number of nitrogens with one attached hydrogen (secondary N) is 1. The second-order valence-electron chi connectivity index (χ2n) is 6.38. The van der Waals surface area contributed by atoms with Crippen molar-refractivity contribution in [1.82, 2.24) is 10.3 Å². The molecule has 10 heteroatoms. The van der Waals surface area contributed by atoms with E-state index in [4.69, 9.17) is 9.47 Å². The van der Waals surface area contributed by atoms with Crippen LogP contribution in [-0.2, 0) is 14.8 Å². The molecule has 2 aliphatic rings. The molecule has 5 rings (SSSR count). The SMILES string of the molecule is O=C1NC(=NS(=O)(=O)c2cccc3cccnc23)SC1=Cc1ccc2c(c1)OCO2. The number of sulfonamides is 1. The number of aromatic nitrogens is 1. The van der Waals surface area contributed by atoms with Crippen molar-refractivity contribution in [2.75, 3.05) is 6.79 Å². The zero-order valence-corrected chi connectivity index (χ0v) is 16.9. The Morgan fingerprint density at radius 1 is 1.10 bits per heavy atom. The van der Waals surface area contributed by atoms with Crippen molar-refractivity contribution in [2.45, 2.75) is 4.90 Å². The number of amides is 1. The predicted molar refractivity (Wildman–Crippen MR) is 113 cm³/mol. The Balaban J connectivity index is 1.46. The van der Waals surface area contributed by atoms with Gasteiger partial charge in [-0.15, -0.1) is 4.40 Å². The molecule has 3 aromatic rings. The lowest BCUT2D eigenvalue weighted by molar-refractivity contribution is -0.115. The highest BCUT2D eigenvalue weighted by molar-refractivity contribution is 8.19. The number of fused-ring (bicyclic) bond motifs is 2. The van der Waals surface area contributed by atoms with E-state index in [9.17, 15) is 13.2 Å². The number of thioether (sulfide) groups is 1. The van der Waals surface area contributed by atoms with Crippen molar-refractivity contribution < 1.29 is 22.7 Å². The number of hydrogen-bond acceptors (Lipinski definition) is 7. The molecule has 1 amide bonds. The van der Waals surface area contributed by atoms with E-state index in [2.05, 4.69) is 14.7 Å². The third-order valence-electron chi connectivity index (χ3n) is 4.42. The normalized spacial score (nSPS) is 18.3. The molecule has 30 heavy (non-hydrogen) atoms. The molecular formula is C20H13N3O5S2. The first-order valence-corrected chi connectivity index (χ1v) is 11.0. The van der Waals surface area contributed by atoms with E-state index in [0.29, 0.717) is 27.3 Å². The average Bonchev–Trinajstić information content (AvgIpc) is 3.33. The summed E-state index contributed by atoms with van der Waals surface area (Å²) >= 11 is 0.953. The molecule has 1 saturated heterocycles. The van der Waals surface area contributed by atoms with Crippen molar-refractivity contribution in [3.05, 3.63) is 65.2 Å². The largest absolute Gasteiger partial charge is 0.454 e. The van der Waals surface area contributed by atoms with Crippen LogP contribution in [0.25, 0.3) is 17.0 Å². The molecule has 0 spiro atoms. The van der Waals surface area contributed by atoms with Gasteiger partial charge in [0.25, 0.3) is 15.9 Å². The van der Waals surface area contributed by atoms with Crippen LogP contribution < -0.4 is 14.8 Å². The van der Waals surface area contributed by atoms with Gasteiger partial charge in [0.05, 0.1) is 10.4 Å². The molecule has 0 radical (unpaired) electrons. The summed E-state index contributed by atoms with van der Waals surface area (Å²) in [5, 5.41) is 3.17. The Kier molecular flexibility index (Phi) is 4.44. The number of amidine groups is 1. The molecule has 0 atom stereocenters. The fraction of sp³-hybridized carbons (Fsp3) is 0.0500. The fourth-order valence-corrected chi connectivity index (χ4v) is 5.23. The van der Waals surface area contributed by atoms with E-state index < -0.39 is 15.9 Å². The van der Waals surface area contributed by atoms with E-state index in [1.165, 1.54) is 12.3 Å². The molecule has 8 nitrogen and oxygen atoms in total. The molecular weight excluding hydrogens is 426 g/mol. The van der Waals surface area contributed by atoms with Crippen LogP contribution in [0.5, 0.6) is 11.5 Å². The first-order valence-electron chi connectivity index (χ1n) is 8.79. The maximum atomic E-state index is 12.9. The van der Waals surface area contributed by atoms with Gasteiger partial charge in [0.15, 0.2) is 16.7 Å². The number of nitrogens with zero attached hydrogens (tertiary/aromatic N) is 2. The standard InChI is InChI=1S/C20H13N3O5S2/c24-19-16(10-12-6-7-14-15(9-12)28-11-27-14)29-20(22-19)23-30(25,26)17-5-1-3-13-4-2-8-21-18(13)17/h1-10H,11H2,(H,22,23,24). The Morgan fingerprint density at radius 2 is 1.93 bits per heavy atom. The van der Waals surface area contributed by atoms with Crippen molar-refractivity contribution in [1.29, 1.82) is 0 Å². The molecule has 3 heterocycles. The number of rotatable bonds is 3. The molecule has 2 aliphatic heterocycles. The quantitative estimate of drug-likeness (QED) is 0.625. The van der Waals surface area contributed by atoms with E-state index in [1.54, 1.807) is 48.5 Å². The summed E-state index contributed by atoms with van der Waals surface area (Å²) in [4.78, 5) is 16.8. The molecule has 0 aliphatic carbocycles. The summed E-state index contributed by atoms with van der Waals surface area (Å²) in [5.74, 6) is 0.799. The van der Waals surface area contributed by atoms with Crippen LogP contribution in [0, 0.1) is 0 Å². The van der Waals surface area contributed by atoms with Gasteiger partial charge in [0.1, 0.15) is 4.90 Å². The zero-order chi connectivity index (χ0) is 20.7. The molecule has 1 aromatic heterocycles. The van der Waals surface area contributed by atoms with Crippen molar-refractivity contribution in [3.63, 3.8) is 0 Å². The number of hydrogen-bond donors (Lipinski definition) is 1. The molecule has 1 fully saturated rings. The Labute approximate surface area is 175 Å². The van der Waals surface area contributed by atoms with Gasteiger partial charge in [-0.05, 0) is 47.7 Å². The summed E-state index contributed by atoms with van der Waals surface area (Å²) in [7, 11) is -4.07. The minimum atomic E-state index is -4.07. The summed E-state index contributed by atoms with van der Waals surface area (Å²) in [6, 6.07) is 13.6. The number of ether oxygens (including phenoxy) is 2. The fourth-order valence-electron chi connectivity index (χ4n) is 3.07. The molecule has 0 bridgehead atoms. The molecule has 2 aromatic carbocycles. The first kappa shape index (κ1) is 18.6. The topological polar surface area (TPSA) is 107 Å². The number of para-hydroxylation sites is 1. The molecule has 0 saturated carbocycles. The summed E-state index contributed by atoms with van der Waals surface area (Å²) < 4.78 is 40.1. The van der Waals surface area contributed by atoms with Gasteiger partial charge in [-0.3, -0.25) is 15.1 Å². The van der Waals surface area contributed by atoms with Crippen LogP contribution in [-0.4, -0.2) is 31.3 Å². The lowest BCUT2D eigenvalue weighted by Crippen LogP contribution is -2.20. The van der Waals surface area contributed by atoms with Gasteiger partial charge in [0.2, 0.25) is 6.79 Å². The van der Waals surface area contributed by atoms with Crippen LogP contribution >= 0.6 is 11.8 Å². The van der Waals surface area contributed by atoms with E-state index >= 15 is 0 Å². The smallest absolute Gasteiger partial charge is 0.286 e. The molecule has 0 unspecified atom stereocenters. The van der Waals surface area contributed by atoms with Crippen molar-refractivity contribution >= 4 is 49.8 Å². The first-order chi connectivity index (χ1) is 14.5. The second-order valence-corrected chi connectivity index (χ2v) is 8.98. The maximum absolute atomic E-state index is 12.9. The number of pyridine rings is 1. The van der Waals surface area contributed by atoms with Crippen LogP contribution in [0.15, 0.2) is 68.9 Å². The van der Waals surface area contributed by atoms with Gasteiger partial charge in [0, 0.05) is 11.6 Å². The van der Waals surface area contributed by atoms with Crippen LogP contribution in [0.2, 0.25) is 0 Å². The van der Waals surface area contributed by atoms with Crippen LogP contribution in [0.4, 0.5) is 0 Å². The minimum Gasteiger partial charge on any atom is -0.454 e. The van der Waals surface area contributed by atoms with Gasteiger partial charge >= 0.3 is 0 Å². The highest BCUT2D eigenvalue weighted by Gasteiger charge is 2.27. The number of benzene rings is 2. The monoisotopic (exact) mass is 439 g/mol. The Bertz CT molecular complexity index is 1360. The highest BCUT2D eigenvalue weighted by Crippen LogP contribution is 2.35. The zero-order valence-electron chi connectivity index (χ0n) is 15.2. The lowest BCUT2D eigenvalue weighted by Gasteiger charge is -2.04. The Morgan fingerprint density at radius 3 is 2.83 bits per heavy atom. The number of carbonyl (C=O) groups is 1. The van der Waals surface area contributed by atoms with Crippen molar-refractivity contribution in [3.8, 4) is 11.5 Å².